The molecule has 6 heteroatoms. The molecule has 0 bridgehead atoms. The summed E-state index contributed by atoms with van der Waals surface area (Å²) in [5.74, 6) is -0.559. The molecule has 1 aromatic carbocycles. The number of hydrogen-bond acceptors (Lipinski definition) is 3. The molecule has 4 nitrogen and oxygen atoms in total. The van der Waals surface area contributed by atoms with E-state index >= 15 is 0 Å². The summed E-state index contributed by atoms with van der Waals surface area (Å²) < 4.78 is 39.2. The number of sulfonamides is 1. The molecule has 0 saturated carbocycles. The molecular formula is C12H16FNO3S. The first-order chi connectivity index (χ1) is 8.41. The molecule has 0 atom stereocenters. The maximum atomic E-state index is 13.2. The molecule has 100 valence electrons. The molecule has 18 heavy (non-hydrogen) atoms. The van der Waals surface area contributed by atoms with E-state index in [-0.39, 0.29) is 18.0 Å². The first-order valence-corrected chi connectivity index (χ1v) is 7.29. The SMILES string of the molecule is Cc1ccc(F)cc1S(=O)(=O)N1CCC(O)CC1. The molecule has 0 radical (unpaired) electrons. The van der Waals surface area contributed by atoms with E-state index in [2.05, 4.69) is 0 Å². The number of rotatable bonds is 2. The number of piperidine rings is 1. The van der Waals surface area contributed by atoms with Gasteiger partial charge >= 0.3 is 0 Å². The third kappa shape index (κ3) is 2.55. The molecule has 2 rings (SSSR count). The van der Waals surface area contributed by atoms with Crippen molar-refractivity contribution in [1.82, 2.24) is 4.31 Å². The highest BCUT2D eigenvalue weighted by Gasteiger charge is 2.29. The van der Waals surface area contributed by atoms with Crippen LogP contribution < -0.4 is 0 Å². The lowest BCUT2D eigenvalue weighted by Crippen LogP contribution is -2.40. The quantitative estimate of drug-likeness (QED) is 0.883. The van der Waals surface area contributed by atoms with Crippen LogP contribution >= 0.6 is 0 Å². The zero-order chi connectivity index (χ0) is 13.3. The number of aliphatic hydroxyl groups is 1. The van der Waals surface area contributed by atoms with Gasteiger partial charge in [-0.3, -0.25) is 0 Å². The van der Waals surface area contributed by atoms with Crippen molar-refractivity contribution in [2.45, 2.75) is 30.8 Å². The van der Waals surface area contributed by atoms with Gasteiger partial charge in [0.1, 0.15) is 5.82 Å². The fourth-order valence-electron chi connectivity index (χ4n) is 2.07. The summed E-state index contributed by atoms with van der Waals surface area (Å²) in [5, 5.41) is 9.38. The molecule has 1 saturated heterocycles. The lowest BCUT2D eigenvalue weighted by atomic mass is 10.1. The molecule has 0 spiro atoms. The smallest absolute Gasteiger partial charge is 0.243 e. The summed E-state index contributed by atoms with van der Waals surface area (Å²) in [5.41, 5.74) is 0.530. The third-order valence-electron chi connectivity index (χ3n) is 3.19. The van der Waals surface area contributed by atoms with Crippen LogP contribution in [0, 0.1) is 12.7 Å². The van der Waals surface area contributed by atoms with E-state index in [1.54, 1.807) is 6.92 Å². The van der Waals surface area contributed by atoms with Gasteiger partial charge in [0.25, 0.3) is 0 Å². The van der Waals surface area contributed by atoms with E-state index in [0.29, 0.717) is 18.4 Å². The average molecular weight is 273 g/mol. The first-order valence-electron chi connectivity index (χ1n) is 5.85. The van der Waals surface area contributed by atoms with Gasteiger partial charge in [-0.05, 0) is 37.5 Å². The van der Waals surface area contributed by atoms with Gasteiger partial charge in [-0.25, -0.2) is 12.8 Å². The number of hydrogen-bond donors (Lipinski definition) is 1. The standard InChI is InChI=1S/C12H16FNO3S/c1-9-2-3-10(13)8-12(9)18(16,17)14-6-4-11(15)5-7-14/h2-3,8,11,15H,4-7H2,1H3. The fourth-order valence-corrected chi connectivity index (χ4v) is 3.78. The summed E-state index contributed by atoms with van der Waals surface area (Å²) in [6, 6.07) is 3.75. The highest BCUT2D eigenvalue weighted by molar-refractivity contribution is 7.89. The molecule has 1 fully saturated rings. The first kappa shape index (κ1) is 13.5. The van der Waals surface area contributed by atoms with Crippen molar-refractivity contribution in [3.8, 4) is 0 Å². The number of aryl methyl sites for hydroxylation is 1. The Morgan fingerprint density at radius 3 is 2.56 bits per heavy atom. The highest BCUT2D eigenvalue weighted by Crippen LogP contribution is 2.24. The Kier molecular flexibility index (Phi) is 3.70. The Bertz CT molecular complexity index is 536. The Labute approximate surface area is 106 Å². The van der Waals surface area contributed by atoms with Crippen LogP contribution in [0.5, 0.6) is 0 Å². The summed E-state index contributed by atoms with van der Waals surface area (Å²) in [6.07, 6.45) is 0.409. The Hall–Kier alpha value is -0.980. The molecular weight excluding hydrogens is 257 g/mol. The Balaban J connectivity index is 2.33. The second kappa shape index (κ2) is 4.95. The van der Waals surface area contributed by atoms with Gasteiger partial charge in [0, 0.05) is 13.1 Å². The van der Waals surface area contributed by atoms with Gasteiger partial charge in [-0.15, -0.1) is 0 Å². The van der Waals surface area contributed by atoms with Gasteiger partial charge in [0.2, 0.25) is 10.0 Å². The van der Waals surface area contributed by atoms with Crippen molar-refractivity contribution in [1.29, 1.82) is 0 Å². The van der Waals surface area contributed by atoms with Crippen molar-refractivity contribution in [2.75, 3.05) is 13.1 Å². The molecule has 1 aliphatic heterocycles. The van der Waals surface area contributed by atoms with Gasteiger partial charge in [-0.2, -0.15) is 4.31 Å². The van der Waals surface area contributed by atoms with E-state index in [9.17, 15) is 17.9 Å². The van der Waals surface area contributed by atoms with Crippen LogP contribution in [0.3, 0.4) is 0 Å². The van der Waals surface area contributed by atoms with Crippen LogP contribution in [0.25, 0.3) is 0 Å². The van der Waals surface area contributed by atoms with Crippen molar-refractivity contribution >= 4 is 10.0 Å². The minimum absolute atomic E-state index is 0.0129. The van der Waals surface area contributed by atoms with E-state index in [0.717, 1.165) is 6.07 Å². The molecule has 1 N–H and O–H groups in total. The van der Waals surface area contributed by atoms with Crippen LogP contribution in [0.2, 0.25) is 0 Å². The molecule has 0 unspecified atom stereocenters. The zero-order valence-electron chi connectivity index (χ0n) is 10.1. The minimum atomic E-state index is -3.66. The van der Waals surface area contributed by atoms with Gasteiger partial charge < -0.3 is 5.11 Å². The van der Waals surface area contributed by atoms with Crippen molar-refractivity contribution in [3.05, 3.63) is 29.6 Å². The van der Waals surface area contributed by atoms with Crippen molar-refractivity contribution in [2.24, 2.45) is 0 Å². The monoisotopic (exact) mass is 273 g/mol. The molecule has 0 aliphatic carbocycles. The summed E-state index contributed by atoms with van der Waals surface area (Å²) >= 11 is 0. The fraction of sp³-hybridized carbons (Fsp3) is 0.500. The van der Waals surface area contributed by atoms with Crippen LogP contribution in [0.1, 0.15) is 18.4 Å². The van der Waals surface area contributed by atoms with Gasteiger partial charge in [0.05, 0.1) is 11.0 Å². The predicted molar refractivity (Wildman–Crippen MR) is 65.1 cm³/mol. The number of aliphatic hydroxyl groups excluding tert-OH is 1. The zero-order valence-corrected chi connectivity index (χ0v) is 11.0. The van der Waals surface area contributed by atoms with Crippen LogP contribution in [0.15, 0.2) is 23.1 Å². The predicted octanol–water partition coefficient (Wildman–Crippen LogP) is 1.28. The molecule has 1 heterocycles. The lowest BCUT2D eigenvalue weighted by molar-refractivity contribution is 0.113. The van der Waals surface area contributed by atoms with E-state index < -0.39 is 21.9 Å². The Morgan fingerprint density at radius 2 is 1.94 bits per heavy atom. The van der Waals surface area contributed by atoms with Crippen LogP contribution in [0.4, 0.5) is 4.39 Å². The third-order valence-corrected chi connectivity index (χ3v) is 5.23. The van der Waals surface area contributed by atoms with Gasteiger partial charge in [0.15, 0.2) is 0 Å². The number of nitrogens with zero attached hydrogens (tertiary/aromatic N) is 1. The summed E-state index contributed by atoms with van der Waals surface area (Å²) in [7, 11) is -3.66. The maximum Gasteiger partial charge on any atom is 0.243 e. The van der Waals surface area contributed by atoms with Crippen molar-refractivity contribution < 1.29 is 17.9 Å². The van der Waals surface area contributed by atoms with E-state index in [1.807, 2.05) is 0 Å². The summed E-state index contributed by atoms with van der Waals surface area (Å²) in [4.78, 5) is 0.0129. The minimum Gasteiger partial charge on any atom is -0.393 e. The molecule has 0 aromatic heterocycles. The highest BCUT2D eigenvalue weighted by atomic mass is 32.2. The topological polar surface area (TPSA) is 57.6 Å². The number of halogens is 1. The summed E-state index contributed by atoms with van der Waals surface area (Å²) in [6.45, 7) is 2.20. The second-order valence-corrected chi connectivity index (χ2v) is 6.45. The molecule has 1 aliphatic rings. The number of benzene rings is 1. The Morgan fingerprint density at radius 1 is 1.33 bits per heavy atom. The largest absolute Gasteiger partial charge is 0.393 e. The average Bonchev–Trinajstić information content (AvgIpc) is 2.32. The van der Waals surface area contributed by atoms with Crippen molar-refractivity contribution in [3.63, 3.8) is 0 Å². The van der Waals surface area contributed by atoms with Crippen LogP contribution in [-0.2, 0) is 10.0 Å². The van der Waals surface area contributed by atoms with Crippen LogP contribution in [-0.4, -0.2) is 37.0 Å². The lowest BCUT2D eigenvalue weighted by Gasteiger charge is -2.29. The van der Waals surface area contributed by atoms with E-state index in [4.69, 9.17) is 0 Å². The second-order valence-electron chi connectivity index (χ2n) is 4.55. The van der Waals surface area contributed by atoms with E-state index in [1.165, 1.54) is 16.4 Å². The molecule has 0 amide bonds. The maximum absolute atomic E-state index is 13.2. The van der Waals surface area contributed by atoms with Gasteiger partial charge in [-0.1, -0.05) is 6.07 Å². The molecule has 1 aromatic rings. The normalized spacial score (nSPS) is 19.1.